The summed E-state index contributed by atoms with van der Waals surface area (Å²) in [5, 5.41) is 0. The molecule has 0 unspecified atom stereocenters. The fourth-order valence-electron chi connectivity index (χ4n) is 3.54. The lowest BCUT2D eigenvalue weighted by molar-refractivity contribution is -0.928. The lowest BCUT2D eigenvalue weighted by atomic mass is 10.1. The quantitative estimate of drug-likeness (QED) is 0.860. The van der Waals surface area contributed by atoms with Crippen molar-refractivity contribution in [1.29, 1.82) is 0 Å². The predicted octanol–water partition coefficient (Wildman–Crippen LogP) is 1.11. The highest BCUT2D eigenvalue weighted by atomic mass is 19.1. The van der Waals surface area contributed by atoms with Crippen molar-refractivity contribution in [3.05, 3.63) is 35.6 Å². The van der Waals surface area contributed by atoms with Crippen LogP contribution in [0.15, 0.2) is 24.3 Å². The van der Waals surface area contributed by atoms with Crippen LogP contribution in [-0.4, -0.2) is 43.0 Å². The zero-order valence-corrected chi connectivity index (χ0v) is 11.8. The smallest absolute Gasteiger partial charge is 0.254 e. The minimum atomic E-state index is -0.342. The van der Waals surface area contributed by atoms with E-state index in [0.29, 0.717) is 5.56 Å². The molecule has 0 atom stereocenters. The Morgan fingerprint density at radius 2 is 1.90 bits per heavy atom. The molecule has 3 rings (SSSR count). The molecule has 1 heterocycles. The van der Waals surface area contributed by atoms with Crippen molar-refractivity contribution in [2.45, 2.75) is 31.7 Å². The highest BCUT2D eigenvalue weighted by Crippen LogP contribution is 2.16. The maximum Gasteiger partial charge on any atom is 0.254 e. The Kier molecular flexibility index (Phi) is 4.01. The third-order valence-corrected chi connectivity index (χ3v) is 4.70. The first kappa shape index (κ1) is 13.6. The van der Waals surface area contributed by atoms with E-state index in [0.717, 1.165) is 32.2 Å². The summed E-state index contributed by atoms with van der Waals surface area (Å²) in [5.74, 6) is -0.374. The Hall–Kier alpha value is -1.42. The van der Waals surface area contributed by atoms with Gasteiger partial charge in [0, 0.05) is 5.56 Å². The van der Waals surface area contributed by atoms with Gasteiger partial charge in [0.1, 0.15) is 5.82 Å². The topological polar surface area (TPSA) is 24.8 Å². The third kappa shape index (κ3) is 2.85. The van der Waals surface area contributed by atoms with Crippen LogP contribution < -0.4 is 4.90 Å². The number of carbonyl (C=O) groups excluding carboxylic acids is 1. The molecule has 1 amide bonds. The van der Waals surface area contributed by atoms with Crippen LogP contribution in [-0.2, 0) is 0 Å². The number of hydrogen-bond acceptors (Lipinski definition) is 1. The van der Waals surface area contributed by atoms with Crippen molar-refractivity contribution in [1.82, 2.24) is 4.90 Å². The third-order valence-electron chi connectivity index (χ3n) is 4.70. The Morgan fingerprint density at radius 3 is 2.55 bits per heavy atom. The predicted molar refractivity (Wildman–Crippen MR) is 75.3 cm³/mol. The van der Waals surface area contributed by atoms with Crippen LogP contribution in [0.1, 0.15) is 36.0 Å². The first-order chi connectivity index (χ1) is 9.74. The van der Waals surface area contributed by atoms with Crippen molar-refractivity contribution in [2.75, 3.05) is 26.2 Å². The molecular formula is C16H22FN2O+. The summed E-state index contributed by atoms with van der Waals surface area (Å²) >= 11 is 0. The normalized spacial score (nSPS) is 21.4. The molecule has 0 spiro atoms. The van der Waals surface area contributed by atoms with Gasteiger partial charge in [0.15, 0.2) is 0 Å². The highest BCUT2D eigenvalue weighted by molar-refractivity contribution is 5.94. The van der Waals surface area contributed by atoms with Crippen molar-refractivity contribution in [3.8, 4) is 0 Å². The van der Waals surface area contributed by atoms with Gasteiger partial charge in [-0.25, -0.2) is 4.39 Å². The highest BCUT2D eigenvalue weighted by Gasteiger charge is 2.31. The summed E-state index contributed by atoms with van der Waals surface area (Å²) in [4.78, 5) is 15.9. The fraction of sp³-hybridized carbons (Fsp3) is 0.562. The molecule has 0 aromatic heterocycles. The second-order valence-corrected chi connectivity index (χ2v) is 5.94. The second-order valence-electron chi connectivity index (χ2n) is 5.94. The van der Waals surface area contributed by atoms with Gasteiger partial charge in [-0.2, -0.15) is 0 Å². The standard InChI is InChI=1S/C16H21FN2O/c17-14-5-3-4-13(12-14)16(20)19-10-8-18(9-11-19)15-6-1-2-7-15/h3-5,12,15H,1-2,6-11H2/p+1. The molecule has 1 saturated heterocycles. The molecule has 108 valence electrons. The van der Waals surface area contributed by atoms with E-state index in [2.05, 4.69) is 0 Å². The molecule has 0 bridgehead atoms. The zero-order valence-electron chi connectivity index (χ0n) is 11.8. The monoisotopic (exact) mass is 277 g/mol. The summed E-state index contributed by atoms with van der Waals surface area (Å²) in [5.41, 5.74) is 0.467. The Labute approximate surface area is 119 Å². The zero-order chi connectivity index (χ0) is 13.9. The van der Waals surface area contributed by atoms with Gasteiger partial charge in [0.2, 0.25) is 0 Å². The number of piperazine rings is 1. The summed E-state index contributed by atoms with van der Waals surface area (Å²) in [6.07, 6.45) is 5.40. The Morgan fingerprint density at radius 1 is 1.20 bits per heavy atom. The lowest BCUT2D eigenvalue weighted by Gasteiger charge is -2.35. The molecular weight excluding hydrogens is 255 g/mol. The number of nitrogens with zero attached hydrogens (tertiary/aromatic N) is 1. The van der Waals surface area contributed by atoms with E-state index in [9.17, 15) is 9.18 Å². The molecule has 3 nitrogen and oxygen atoms in total. The number of amides is 1. The van der Waals surface area contributed by atoms with E-state index in [4.69, 9.17) is 0 Å². The molecule has 1 saturated carbocycles. The minimum absolute atomic E-state index is 0.0324. The van der Waals surface area contributed by atoms with Crippen LogP contribution >= 0.6 is 0 Å². The van der Waals surface area contributed by atoms with Gasteiger partial charge in [-0.15, -0.1) is 0 Å². The number of hydrogen-bond donors (Lipinski definition) is 1. The van der Waals surface area contributed by atoms with Crippen LogP contribution in [0.25, 0.3) is 0 Å². The minimum Gasteiger partial charge on any atom is -0.330 e. The lowest BCUT2D eigenvalue weighted by Crippen LogP contribution is -3.18. The molecule has 1 N–H and O–H groups in total. The van der Waals surface area contributed by atoms with Crippen molar-refractivity contribution >= 4 is 5.91 Å². The fourth-order valence-corrected chi connectivity index (χ4v) is 3.54. The molecule has 1 aromatic carbocycles. The number of benzene rings is 1. The molecule has 0 radical (unpaired) electrons. The maximum atomic E-state index is 13.2. The number of rotatable bonds is 2. The van der Waals surface area contributed by atoms with E-state index in [-0.39, 0.29) is 11.7 Å². The molecule has 2 fully saturated rings. The maximum absolute atomic E-state index is 13.2. The van der Waals surface area contributed by atoms with Gasteiger partial charge in [-0.05, 0) is 43.9 Å². The average molecular weight is 277 g/mol. The van der Waals surface area contributed by atoms with Crippen LogP contribution in [0.4, 0.5) is 4.39 Å². The molecule has 1 aliphatic heterocycles. The van der Waals surface area contributed by atoms with Crippen LogP contribution in [0.3, 0.4) is 0 Å². The first-order valence-electron chi connectivity index (χ1n) is 7.63. The second kappa shape index (κ2) is 5.92. The summed E-state index contributed by atoms with van der Waals surface area (Å²) in [7, 11) is 0. The van der Waals surface area contributed by atoms with E-state index >= 15 is 0 Å². The number of carbonyl (C=O) groups is 1. The molecule has 1 aliphatic carbocycles. The summed E-state index contributed by atoms with van der Waals surface area (Å²) in [6.45, 7) is 3.65. The number of nitrogens with one attached hydrogen (secondary N) is 1. The summed E-state index contributed by atoms with van der Waals surface area (Å²) in [6, 6.07) is 6.81. The van der Waals surface area contributed by atoms with Gasteiger partial charge >= 0.3 is 0 Å². The Balaban J connectivity index is 1.58. The molecule has 20 heavy (non-hydrogen) atoms. The largest absolute Gasteiger partial charge is 0.330 e. The van der Waals surface area contributed by atoms with Crippen LogP contribution in [0.2, 0.25) is 0 Å². The van der Waals surface area contributed by atoms with Gasteiger partial charge < -0.3 is 9.80 Å². The van der Waals surface area contributed by atoms with Crippen molar-refractivity contribution < 1.29 is 14.1 Å². The van der Waals surface area contributed by atoms with E-state index in [1.807, 2.05) is 4.90 Å². The van der Waals surface area contributed by atoms with E-state index in [1.165, 1.54) is 37.8 Å². The van der Waals surface area contributed by atoms with Crippen molar-refractivity contribution in [3.63, 3.8) is 0 Å². The van der Waals surface area contributed by atoms with Gasteiger partial charge in [-0.3, -0.25) is 4.79 Å². The SMILES string of the molecule is O=C(c1cccc(F)c1)N1CC[NH+](C2CCCC2)CC1. The van der Waals surface area contributed by atoms with Gasteiger partial charge in [0.25, 0.3) is 5.91 Å². The van der Waals surface area contributed by atoms with Crippen LogP contribution in [0.5, 0.6) is 0 Å². The number of halogens is 1. The van der Waals surface area contributed by atoms with Gasteiger partial charge in [-0.1, -0.05) is 6.07 Å². The average Bonchev–Trinajstić information content (AvgIpc) is 3.01. The van der Waals surface area contributed by atoms with Gasteiger partial charge in [0.05, 0.1) is 32.2 Å². The Bertz CT molecular complexity index is 477. The molecule has 1 aromatic rings. The molecule has 4 heteroatoms. The molecule has 2 aliphatic rings. The van der Waals surface area contributed by atoms with E-state index < -0.39 is 0 Å². The number of quaternary nitrogens is 1. The van der Waals surface area contributed by atoms with Crippen LogP contribution in [0, 0.1) is 5.82 Å². The van der Waals surface area contributed by atoms with E-state index in [1.54, 1.807) is 17.0 Å². The van der Waals surface area contributed by atoms with Crippen molar-refractivity contribution in [2.24, 2.45) is 0 Å². The first-order valence-corrected chi connectivity index (χ1v) is 7.63. The summed E-state index contributed by atoms with van der Waals surface area (Å²) < 4.78 is 13.2.